The predicted octanol–water partition coefficient (Wildman–Crippen LogP) is 2.45. The Morgan fingerprint density at radius 1 is 1.13 bits per heavy atom. The average Bonchev–Trinajstić information content (AvgIpc) is 2.29. The number of hydrogen-bond acceptors (Lipinski definition) is 4. The second-order valence-corrected chi connectivity index (χ2v) is 3.91. The molecule has 1 aromatic carbocycles. The zero-order valence-electron chi connectivity index (χ0n) is 8.34. The summed E-state index contributed by atoms with van der Waals surface area (Å²) in [5.41, 5.74) is 7.44. The Balaban J connectivity index is 2.37. The van der Waals surface area contributed by atoms with E-state index in [0.717, 1.165) is 11.3 Å². The summed E-state index contributed by atoms with van der Waals surface area (Å²) in [5, 5.41) is 0. The zero-order valence-corrected chi connectivity index (χ0v) is 9.16. The van der Waals surface area contributed by atoms with Crippen molar-refractivity contribution in [1.29, 1.82) is 0 Å². The molecular formula is C11H11N3S. The van der Waals surface area contributed by atoms with Crippen LogP contribution in [-0.2, 0) is 0 Å². The molecule has 76 valence electrons. The first-order valence-corrected chi connectivity index (χ1v) is 5.75. The largest absolute Gasteiger partial charge is 0.368 e. The number of nitrogens with two attached hydrogens (primary N) is 1. The van der Waals surface area contributed by atoms with Gasteiger partial charge in [0.15, 0.2) is 0 Å². The lowest BCUT2D eigenvalue weighted by Gasteiger charge is -2.02. The molecule has 0 spiro atoms. The summed E-state index contributed by atoms with van der Waals surface area (Å²) in [5.74, 6) is 0.307. The van der Waals surface area contributed by atoms with E-state index in [-0.39, 0.29) is 0 Å². The minimum absolute atomic E-state index is 0.307. The van der Waals surface area contributed by atoms with Crippen LogP contribution in [0.3, 0.4) is 0 Å². The third kappa shape index (κ3) is 2.27. The quantitative estimate of drug-likeness (QED) is 0.785. The third-order valence-electron chi connectivity index (χ3n) is 2.06. The summed E-state index contributed by atoms with van der Waals surface area (Å²) >= 11 is 1.72. The third-order valence-corrected chi connectivity index (χ3v) is 2.80. The van der Waals surface area contributed by atoms with E-state index in [1.54, 1.807) is 18.0 Å². The molecule has 0 aliphatic carbocycles. The van der Waals surface area contributed by atoms with Gasteiger partial charge in [-0.3, -0.25) is 0 Å². The van der Waals surface area contributed by atoms with Gasteiger partial charge in [-0.2, -0.15) is 0 Å². The molecule has 3 nitrogen and oxygen atoms in total. The number of aromatic nitrogens is 2. The number of hydrogen-bond donors (Lipinski definition) is 1. The van der Waals surface area contributed by atoms with Crippen LogP contribution in [0.2, 0.25) is 0 Å². The van der Waals surface area contributed by atoms with Gasteiger partial charge in [-0.05, 0) is 24.5 Å². The van der Waals surface area contributed by atoms with Crippen LogP contribution in [0.5, 0.6) is 0 Å². The Kier molecular flexibility index (Phi) is 2.87. The SMILES string of the molecule is CSc1ccc(-c2ccnc(N)n2)cc1. The molecular weight excluding hydrogens is 206 g/mol. The predicted molar refractivity (Wildman–Crippen MR) is 63.7 cm³/mol. The first-order valence-electron chi connectivity index (χ1n) is 4.52. The molecule has 0 saturated carbocycles. The minimum atomic E-state index is 0.307. The normalized spacial score (nSPS) is 10.2. The van der Waals surface area contributed by atoms with Gasteiger partial charge in [0, 0.05) is 16.7 Å². The highest BCUT2D eigenvalue weighted by Crippen LogP contribution is 2.21. The fourth-order valence-electron chi connectivity index (χ4n) is 1.30. The maximum absolute atomic E-state index is 5.53. The molecule has 4 heteroatoms. The topological polar surface area (TPSA) is 51.8 Å². The van der Waals surface area contributed by atoms with Crippen LogP contribution in [0, 0.1) is 0 Å². The highest BCUT2D eigenvalue weighted by Gasteiger charge is 1.99. The van der Waals surface area contributed by atoms with Crippen molar-refractivity contribution in [3.8, 4) is 11.3 Å². The van der Waals surface area contributed by atoms with Crippen molar-refractivity contribution in [2.75, 3.05) is 12.0 Å². The van der Waals surface area contributed by atoms with E-state index in [0.29, 0.717) is 5.95 Å². The Morgan fingerprint density at radius 3 is 2.47 bits per heavy atom. The van der Waals surface area contributed by atoms with Crippen molar-refractivity contribution in [1.82, 2.24) is 9.97 Å². The lowest BCUT2D eigenvalue weighted by atomic mass is 10.1. The first-order chi connectivity index (χ1) is 7.29. The van der Waals surface area contributed by atoms with E-state index in [4.69, 9.17) is 5.73 Å². The lowest BCUT2D eigenvalue weighted by Crippen LogP contribution is -1.94. The van der Waals surface area contributed by atoms with Crippen molar-refractivity contribution in [3.05, 3.63) is 36.5 Å². The number of rotatable bonds is 2. The molecule has 15 heavy (non-hydrogen) atoms. The maximum atomic E-state index is 5.53. The van der Waals surface area contributed by atoms with Crippen LogP contribution in [0.25, 0.3) is 11.3 Å². The van der Waals surface area contributed by atoms with E-state index in [1.165, 1.54) is 4.90 Å². The van der Waals surface area contributed by atoms with Gasteiger partial charge in [-0.25, -0.2) is 9.97 Å². The first kappa shape index (κ1) is 9.98. The van der Waals surface area contributed by atoms with E-state index in [9.17, 15) is 0 Å². The average molecular weight is 217 g/mol. The Hall–Kier alpha value is -1.55. The molecule has 0 unspecified atom stereocenters. The number of nitrogens with zero attached hydrogens (tertiary/aromatic N) is 2. The molecule has 0 atom stereocenters. The van der Waals surface area contributed by atoms with Gasteiger partial charge >= 0.3 is 0 Å². The Labute approximate surface area is 92.8 Å². The Bertz CT molecular complexity index is 454. The van der Waals surface area contributed by atoms with Crippen molar-refractivity contribution in [3.63, 3.8) is 0 Å². The molecule has 1 aromatic heterocycles. The fraction of sp³-hybridized carbons (Fsp3) is 0.0909. The second kappa shape index (κ2) is 4.31. The molecule has 0 aliphatic rings. The van der Waals surface area contributed by atoms with Gasteiger partial charge in [-0.1, -0.05) is 12.1 Å². The van der Waals surface area contributed by atoms with Gasteiger partial charge in [0.1, 0.15) is 0 Å². The van der Waals surface area contributed by atoms with E-state index >= 15 is 0 Å². The van der Waals surface area contributed by atoms with Gasteiger partial charge in [-0.15, -0.1) is 11.8 Å². The monoisotopic (exact) mass is 217 g/mol. The molecule has 0 radical (unpaired) electrons. The molecule has 0 fully saturated rings. The molecule has 2 rings (SSSR count). The van der Waals surface area contributed by atoms with Gasteiger partial charge in [0.2, 0.25) is 5.95 Å². The van der Waals surface area contributed by atoms with Crippen molar-refractivity contribution in [2.45, 2.75) is 4.90 Å². The number of thioether (sulfide) groups is 1. The summed E-state index contributed by atoms with van der Waals surface area (Å²) in [4.78, 5) is 9.26. The maximum Gasteiger partial charge on any atom is 0.220 e. The van der Waals surface area contributed by atoms with Crippen LogP contribution in [-0.4, -0.2) is 16.2 Å². The van der Waals surface area contributed by atoms with Gasteiger partial charge in [0.25, 0.3) is 0 Å². The van der Waals surface area contributed by atoms with Crippen molar-refractivity contribution >= 4 is 17.7 Å². The molecule has 2 N–H and O–H groups in total. The smallest absolute Gasteiger partial charge is 0.220 e. The molecule has 0 saturated heterocycles. The van der Waals surface area contributed by atoms with Crippen LogP contribution in [0.15, 0.2) is 41.4 Å². The zero-order chi connectivity index (χ0) is 10.7. The second-order valence-electron chi connectivity index (χ2n) is 3.03. The van der Waals surface area contributed by atoms with Gasteiger partial charge < -0.3 is 5.73 Å². The molecule has 2 aromatic rings. The van der Waals surface area contributed by atoms with E-state index < -0.39 is 0 Å². The van der Waals surface area contributed by atoms with E-state index in [2.05, 4.69) is 28.4 Å². The summed E-state index contributed by atoms with van der Waals surface area (Å²) in [6, 6.07) is 10.1. The van der Waals surface area contributed by atoms with Gasteiger partial charge in [0.05, 0.1) is 5.69 Å². The Morgan fingerprint density at radius 2 is 1.87 bits per heavy atom. The van der Waals surface area contributed by atoms with Crippen LogP contribution in [0.1, 0.15) is 0 Å². The number of anilines is 1. The molecule has 1 heterocycles. The fourth-order valence-corrected chi connectivity index (χ4v) is 1.70. The standard InChI is InChI=1S/C11H11N3S/c1-15-9-4-2-8(3-5-9)10-6-7-13-11(12)14-10/h2-7H,1H3,(H2,12,13,14). The highest BCUT2D eigenvalue weighted by molar-refractivity contribution is 7.98. The molecule has 0 aliphatic heterocycles. The summed E-state index contributed by atoms with van der Waals surface area (Å²) < 4.78 is 0. The van der Waals surface area contributed by atoms with Crippen LogP contribution < -0.4 is 5.73 Å². The summed E-state index contributed by atoms with van der Waals surface area (Å²) in [6.07, 6.45) is 3.72. The summed E-state index contributed by atoms with van der Waals surface area (Å²) in [7, 11) is 0. The number of nitrogen functional groups attached to an aromatic ring is 1. The van der Waals surface area contributed by atoms with Crippen molar-refractivity contribution in [2.24, 2.45) is 0 Å². The van der Waals surface area contributed by atoms with Crippen LogP contribution >= 0.6 is 11.8 Å². The minimum Gasteiger partial charge on any atom is -0.368 e. The molecule has 0 bridgehead atoms. The van der Waals surface area contributed by atoms with E-state index in [1.807, 2.05) is 18.2 Å². The lowest BCUT2D eigenvalue weighted by molar-refractivity contribution is 1.19. The highest BCUT2D eigenvalue weighted by atomic mass is 32.2. The van der Waals surface area contributed by atoms with Crippen molar-refractivity contribution < 1.29 is 0 Å². The summed E-state index contributed by atoms with van der Waals surface area (Å²) in [6.45, 7) is 0. The van der Waals surface area contributed by atoms with Crippen LogP contribution in [0.4, 0.5) is 5.95 Å². The number of benzene rings is 1. The molecule has 0 amide bonds.